The Labute approximate surface area is 156 Å². The third kappa shape index (κ3) is 2.51. The number of carbonyl (C=O) groups excluding carboxylic acids is 3. The second-order valence-corrected chi connectivity index (χ2v) is 6.85. The molecule has 8 nitrogen and oxygen atoms in total. The summed E-state index contributed by atoms with van der Waals surface area (Å²) in [6.45, 7) is 5.54. The molecule has 0 saturated carbocycles. The van der Waals surface area contributed by atoms with Gasteiger partial charge in [-0.05, 0) is 37.6 Å². The van der Waals surface area contributed by atoms with Gasteiger partial charge in [-0.3, -0.25) is 9.59 Å². The third-order valence-corrected chi connectivity index (χ3v) is 5.23. The fraction of sp³-hybridized carbons (Fsp3) is 0.421. The van der Waals surface area contributed by atoms with Crippen molar-refractivity contribution >= 4 is 17.9 Å². The Morgan fingerprint density at radius 2 is 1.93 bits per heavy atom. The third-order valence-electron chi connectivity index (χ3n) is 5.23. The molecule has 0 unspecified atom stereocenters. The van der Waals surface area contributed by atoms with Crippen molar-refractivity contribution in [2.24, 2.45) is 5.92 Å². The molecule has 4 atom stereocenters. The van der Waals surface area contributed by atoms with E-state index in [1.807, 2.05) is 13.0 Å². The first-order valence-electron chi connectivity index (χ1n) is 8.98. The number of ether oxygens (including phenoxy) is 1. The summed E-state index contributed by atoms with van der Waals surface area (Å²) in [5.74, 6) is -0.846. The van der Waals surface area contributed by atoms with Crippen molar-refractivity contribution in [3.63, 3.8) is 0 Å². The molecule has 2 saturated heterocycles. The Hall–Kier alpha value is -2.87. The van der Waals surface area contributed by atoms with E-state index in [1.54, 1.807) is 44.2 Å². The Morgan fingerprint density at radius 3 is 2.59 bits per heavy atom. The van der Waals surface area contributed by atoms with E-state index in [2.05, 4.69) is 0 Å². The first-order chi connectivity index (χ1) is 13.0. The standard InChI is InChI=1S/C19H21N3O5/c1-4-26-19(25)20-14-10-11(2)15(16-12(3)17(23)21(16)20)22(27-14)18(24)13-8-6-5-7-9-13/h5-10,12,14-16H,4H2,1-3H3/t12-,14+,15-,16-/m1/s1. The van der Waals surface area contributed by atoms with E-state index < -0.39 is 24.4 Å². The minimum Gasteiger partial charge on any atom is -0.448 e. The average molecular weight is 371 g/mol. The van der Waals surface area contributed by atoms with E-state index in [9.17, 15) is 14.4 Å². The number of rotatable bonds is 2. The van der Waals surface area contributed by atoms with Crippen molar-refractivity contribution in [2.45, 2.75) is 39.1 Å². The minimum atomic E-state index is -0.922. The van der Waals surface area contributed by atoms with Crippen LogP contribution in [0.25, 0.3) is 0 Å². The van der Waals surface area contributed by atoms with Crippen molar-refractivity contribution in [3.05, 3.63) is 47.5 Å². The second kappa shape index (κ2) is 6.38. The zero-order valence-corrected chi connectivity index (χ0v) is 15.4. The summed E-state index contributed by atoms with van der Waals surface area (Å²) < 4.78 is 5.12. The van der Waals surface area contributed by atoms with Crippen LogP contribution in [-0.4, -0.2) is 57.9 Å². The van der Waals surface area contributed by atoms with Crippen LogP contribution in [0.1, 0.15) is 31.1 Å². The van der Waals surface area contributed by atoms with Crippen molar-refractivity contribution in [2.75, 3.05) is 6.61 Å². The highest BCUT2D eigenvalue weighted by Crippen LogP contribution is 2.43. The fourth-order valence-corrected chi connectivity index (χ4v) is 3.92. The highest BCUT2D eigenvalue weighted by Gasteiger charge is 2.61. The monoisotopic (exact) mass is 371 g/mol. The number of benzene rings is 1. The van der Waals surface area contributed by atoms with Gasteiger partial charge < -0.3 is 4.74 Å². The van der Waals surface area contributed by atoms with Crippen molar-refractivity contribution in [1.82, 2.24) is 15.1 Å². The zero-order valence-electron chi connectivity index (χ0n) is 15.4. The number of β-lactam (4-membered cyclic amide) rings is 1. The topological polar surface area (TPSA) is 79.4 Å². The molecule has 5 rings (SSSR count). The van der Waals surface area contributed by atoms with Crippen molar-refractivity contribution in [3.8, 4) is 0 Å². The summed E-state index contributed by atoms with van der Waals surface area (Å²) in [5, 5.41) is 3.86. The Balaban J connectivity index is 1.75. The smallest absolute Gasteiger partial charge is 0.431 e. The van der Waals surface area contributed by atoms with E-state index in [-0.39, 0.29) is 24.3 Å². The molecule has 4 aliphatic heterocycles. The molecule has 2 bridgehead atoms. The lowest BCUT2D eigenvalue weighted by Crippen LogP contribution is -2.71. The maximum absolute atomic E-state index is 13.1. The van der Waals surface area contributed by atoms with Gasteiger partial charge in [-0.25, -0.2) is 19.7 Å². The van der Waals surface area contributed by atoms with Crippen LogP contribution in [0.2, 0.25) is 0 Å². The van der Waals surface area contributed by atoms with Crippen LogP contribution >= 0.6 is 0 Å². The largest absolute Gasteiger partial charge is 0.448 e. The summed E-state index contributed by atoms with van der Waals surface area (Å²) in [5.41, 5.74) is 1.35. The van der Waals surface area contributed by atoms with E-state index in [1.165, 1.54) is 15.1 Å². The molecule has 8 heteroatoms. The van der Waals surface area contributed by atoms with Crippen LogP contribution in [0.4, 0.5) is 4.79 Å². The van der Waals surface area contributed by atoms with Crippen LogP contribution in [0.3, 0.4) is 0 Å². The van der Waals surface area contributed by atoms with Gasteiger partial charge in [0.05, 0.1) is 18.6 Å². The first-order valence-corrected chi connectivity index (χ1v) is 8.98. The number of fused-ring (bicyclic) bond motifs is 1. The van der Waals surface area contributed by atoms with E-state index in [0.29, 0.717) is 5.56 Å². The molecule has 0 aromatic heterocycles. The van der Waals surface area contributed by atoms with Gasteiger partial charge in [0, 0.05) is 5.56 Å². The molecule has 1 aromatic rings. The van der Waals surface area contributed by atoms with Gasteiger partial charge in [0.1, 0.15) is 6.04 Å². The van der Waals surface area contributed by atoms with Crippen molar-refractivity contribution in [1.29, 1.82) is 0 Å². The number of amides is 3. The molecule has 142 valence electrons. The molecule has 1 aromatic carbocycles. The van der Waals surface area contributed by atoms with Gasteiger partial charge >= 0.3 is 6.09 Å². The number of carbonyl (C=O) groups is 3. The minimum absolute atomic E-state index is 0.170. The van der Waals surface area contributed by atoms with Gasteiger partial charge in [0.15, 0.2) is 0 Å². The van der Waals surface area contributed by atoms with Crippen molar-refractivity contribution < 1.29 is 24.0 Å². The molecule has 0 spiro atoms. The van der Waals surface area contributed by atoms with Crippen LogP contribution in [-0.2, 0) is 14.4 Å². The number of hydrogen-bond donors (Lipinski definition) is 0. The quantitative estimate of drug-likeness (QED) is 0.586. The molecule has 0 radical (unpaired) electrons. The van der Waals surface area contributed by atoms with E-state index in [4.69, 9.17) is 9.57 Å². The first kappa shape index (κ1) is 17.5. The predicted octanol–water partition coefficient (Wildman–Crippen LogP) is 1.95. The Kier molecular flexibility index (Phi) is 4.15. The Bertz CT molecular complexity index is 824. The maximum Gasteiger partial charge on any atom is 0.431 e. The van der Waals surface area contributed by atoms with E-state index >= 15 is 0 Å². The zero-order chi connectivity index (χ0) is 19.3. The van der Waals surface area contributed by atoms with Gasteiger partial charge in [-0.15, -0.1) is 0 Å². The van der Waals surface area contributed by atoms with Crippen LogP contribution in [0, 0.1) is 5.92 Å². The van der Waals surface area contributed by atoms with Crippen LogP contribution in [0.5, 0.6) is 0 Å². The Morgan fingerprint density at radius 1 is 1.22 bits per heavy atom. The molecule has 0 aliphatic carbocycles. The van der Waals surface area contributed by atoms with Crippen LogP contribution in [0.15, 0.2) is 42.0 Å². The molecule has 3 amide bonds. The summed E-state index contributed by atoms with van der Waals surface area (Å²) in [6, 6.07) is 7.93. The maximum atomic E-state index is 13.1. The average Bonchev–Trinajstić information content (AvgIpc) is 2.88. The highest BCUT2D eigenvalue weighted by molar-refractivity contribution is 5.95. The summed E-state index contributed by atoms with van der Waals surface area (Å²) in [6.07, 6.45) is 0.162. The van der Waals surface area contributed by atoms with E-state index in [0.717, 1.165) is 5.57 Å². The van der Waals surface area contributed by atoms with Gasteiger partial charge in [0.2, 0.25) is 12.1 Å². The second-order valence-electron chi connectivity index (χ2n) is 6.85. The summed E-state index contributed by atoms with van der Waals surface area (Å²) in [4.78, 5) is 44.0. The highest BCUT2D eigenvalue weighted by atomic mass is 16.7. The molecular weight excluding hydrogens is 350 g/mol. The summed E-state index contributed by atoms with van der Waals surface area (Å²) >= 11 is 0. The molecule has 0 N–H and O–H groups in total. The normalized spacial score (nSPS) is 28.9. The SMILES string of the molecule is CCOC(=O)N1[C@@H]2C=C(C)[C@H]([C@H]3[C@@H](C)C(=O)N31)N(C(=O)c1ccccc1)O2. The molecule has 4 aliphatic rings. The fourth-order valence-electron chi connectivity index (χ4n) is 3.92. The number of nitrogens with zero attached hydrogens (tertiary/aromatic N) is 3. The number of hydroxylamine groups is 2. The number of hydrogen-bond acceptors (Lipinski definition) is 5. The lowest BCUT2D eigenvalue weighted by Gasteiger charge is -2.50. The molecule has 4 heterocycles. The lowest BCUT2D eigenvalue weighted by molar-refractivity contribution is -0.213. The molecular formula is C19H21N3O5. The molecule has 2 fully saturated rings. The van der Waals surface area contributed by atoms with Gasteiger partial charge in [-0.2, -0.15) is 5.01 Å². The van der Waals surface area contributed by atoms with Gasteiger partial charge in [-0.1, -0.05) is 25.1 Å². The predicted molar refractivity (Wildman–Crippen MR) is 93.7 cm³/mol. The lowest BCUT2D eigenvalue weighted by atomic mass is 9.82. The number of hydrazine groups is 1. The summed E-state index contributed by atoms with van der Waals surface area (Å²) in [7, 11) is 0. The van der Waals surface area contributed by atoms with Gasteiger partial charge in [0.25, 0.3) is 5.91 Å². The van der Waals surface area contributed by atoms with Crippen LogP contribution < -0.4 is 0 Å². The molecule has 27 heavy (non-hydrogen) atoms.